The van der Waals surface area contributed by atoms with Crippen molar-refractivity contribution in [1.82, 2.24) is 9.55 Å². The molecule has 30 heavy (non-hydrogen) atoms. The molecule has 4 heterocycles. The number of epoxide rings is 1. The number of ether oxygens (including phenoxy) is 3. The zero-order chi connectivity index (χ0) is 20.8. The molecule has 0 radical (unpaired) electrons. The highest BCUT2D eigenvalue weighted by molar-refractivity contribution is 5.97. The molecule has 5 rings (SSSR count). The van der Waals surface area contributed by atoms with Crippen molar-refractivity contribution in [3.63, 3.8) is 0 Å². The Morgan fingerprint density at radius 1 is 1.10 bits per heavy atom. The van der Waals surface area contributed by atoms with E-state index < -0.39 is 0 Å². The first-order valence-corrected chi connectivity index (χ1v) is 9.93. The minimum absolute atomic E-state index is 0.0671. The van der Waals surface area contributed by atoms with Crippen LogP contribution in [-0.2, 0) is 11.8 Å². The van der Waals surface area contributed by atoms with E-state index >= 15 is 0 Å². The molecular formula is C23H23N3O4. The Hall–Kier alpha value is -3.48. The highest BCUT2D eigenvalue weighted by Gasteiger charge is 2.21. The van der Waals surface area contributed by atoms with Crippen LogP contribution in [0.4, 0.5) is 5.82 Å². The highest BCUT2D eigenvalue weighted by Crippen LogP contribution is 2.39. The predicted molar refractivity (Wildman–Crippen MR) is 116 cm³/mol. The first kappa shape index (κ1) is 18.5. The van der Waals surface area contributed by atoms with E-state index in [4.69, 9.17) is 14.2 Å². The molecule has 2 saturated heterocycles. The fourth-order valence-corrected chi connectivity index (χ4v) is 3.82. The number of aryl methyl sites for hydroxylation is 1. The van der Waals surface area contributed by atoms with Gasteiger partial charge in [0.2, 0.25) is 0 Å². The van der Waals surface area contributed by atoms with Crippen molar-refractivity contribution in [2.45, 2.75) is 6.42 Å². The molecule has 0 bridgehead atoms. The molecule has 0 spiro atoms. The molecule has 7 nitrogen and oxygen atoms in total. The normalized spacial score (nSPS) is 16.4. The Balaban J connectivity index is 1.74. The summed E-state index contributed by atoms with van der Waals surface area (Å²) in [5.41, 5.74) is 2.61. The van der Waals surface area contributed by atoms with Crippen molar-refractivity contribution in [3.8, 4) is 22.6 Å². The van der Waals surface area contributed by atoms with Crippen molar-refractivity contribution in [2.75, 3.05) is 38.8 Å². The van der Waals surface area contributed by atoms with Crippen LogP contribution < -0.4 is 19.9 Å². The molecule has 0 aliphatic carbocycles. The number of hydrogen-bond acceptors (Lipinski definition) is 6. The summed E-state index contributed by atoms with van der Waals surface area (Å²) < 4.78 is 18.2. The fourth-order valence-electron chi connectivity index (χ4n) is 3.82. The van der Waals surface area contributed by atoms with Gasteiger partial charge in [-0.3, -0.25) is 4.79 Å². The van der Waals surface area contributed by atoms with Gasteiger partial charge >= 0.3 is 0 Å². The largest absolute Gasteiger partial charge is 0.496 e. The third-order valence-electron chi connectivity index (χ3n) is 5.70. The zero-order valence-electron chi connectivity index (χ0n) is 17.3. The fraction of sp³-hybridized carbons (Fsp3) is 0.304. The van der Waals surface area contributed by atoms with E-state index in [9.17, 15) is 4.79 Å². The second-order valence-electron chi connectivity index (χ2n) is 7.58. The summed E-state index contributed by atoms with van der Waals surface area (Å²) in [6.45, 7) is 2.61. The molecule has 3 aromatic rings. The molecule has 0 saturated carbocycles. The monoisotopic (exact) mass is 405 g/mol. The average molecular weight is 405 g/mol. The number of anilines is 1. The van der Waals surface area contributed by atoms with Gasteiger partial charge in [0, 0.05) is 43.5 Å². The van der Waals surface area contributed by atoms with Gasteiger partial charge in [-0.15, -0.1) is 0 Å². The topological polar surface area (TPSA) is 69.1 Å². The number of methoxy groups -OCH3 is 2. The standard InChI is InChI=1S/C23H23N3O4/c1-25-12-19(16-10-22(26-5-4-6-26)24-11-18(16)23(25)27)14-7-20(28-2)17(9-15-13-30-15)21(8-14)29-3/h7-12H,4-6,13H2,1-3H3. The van der Waals surface area contributed by atoms with E-state index in [-0.39, 0.29) is 5.56 Å². The van der Waals surface area contributed by atoms with E-state index in [1.807, 2.05) is 30.5 Å². The molecule has 2 aliphatic heterocycles. The average Bonchev–Trinajstić information content (AvgIpc) is 3.53. The molecule has 154 valence electrons. The molecule has 0 N–H and O–H groups in total. The van der Waals surface area contributed by atoms with Gasteiger partial charge in [-0.2, -0.15) is 0 Å². The van der Waals surface area contributed by atoms with E-state index in [1.165, 1.54) is 0 Å². The van der Waals surface area contributed by atoms with E-state index in [0.29, 0.717) is 23.5 Å². The molecule has 1 aromatic carbocycles. The smallest absolute Gasteiger partial charge is 0.259 e. The van der Waals surface area contributed by atoms with Crippen LogP contribution in [0, 0.1) is 0 Å². The summed E-state index contributed by atoms with van der Waals surface area (Å²) in [4.78, 5) is 19.5. The summed E-state index contributed by atoms with van der Waals surface area (Å²) >= 11 is 0. The SMILES string of the molecule is COc1cc(-c2cn(C)c(=O)c3cnc(N4CCC4)cc23)cc(OC)c1C=C1CO1. The van der Waals surface area contributed by atoms with Crippen molar-refractivity contribution in [3.05, 3.63) is 52.3 Å². The van der Waals surface area contributed by atoms with Crippen LogP contribution in [0.1, 0.15) is 12.0 Å². The van der Waals surface area contributed by atoms with Gasteiger partial charge in [0.05, 0.1) is 25.2 Å². The number of pyridine rings is 2. The van der Waals surface area contributed by atoms with Gasteiger partial charge in [-0.05, 0) is 36.3 Å². The predicted octanol–water partition coefficient (Wildman–Crippen LogP) is 3.20. The van der Waals surface area contributed by atoms with Gasteiger partial charge in [0.25, 0.3) is 5.56 Å². The number of rotatable bonds is 5. The number of fused-ring (bicyclic) bond motifs is 1. The number of benzene rings is 1. The number of hydrogen-bond donors (Lipinski definition) is 0. The van der Waals surface area contributed by atoms with Crippen molar-refractivity contribution in [1.29, 1.82) is 0 Å². The van der Waals surface area contributed by atoms with Crippen molar-refractivity contribution in [2.24, 2.45) is 7.05 Å². The lowest BCUT2D eigenvalue weighted by Gasteiger charge is -2.32. The lowest BCUT2D eigenvalue weighted by atomic mass is 9.98. The molecule has 2 aliphatic rings. The quantitative estimate of drug-likeness (QED) is 0.607. The Kier molecular flexibility index (Phi) is 4.38. The van der Waals surface area contributed by atoms with E-state index in [2.05, 4.69) is 9.88 Å². The second-order valence-corrected chi connectivity index (χ2v) is 7.58. The summed E-state index contributed by atoms with van der Waals surface area (Å²) in [7, 11) is 5.03. The van der Waals surface area contributed by atoms with Crippen LogP contribution in [0.3, 0.4) is 0 Å². The Bertz CT molecular complexity index is 1210. The third kappa shape index (κ3) is 3.07. The maximum Gasteiger partial charge on any atom is 0.259 e. The van der Waals surface area contributed by atoms with Crippen LogP contribution in [-0.4, -0.2) is 43.5 Å². The molecule has 0 unspecified atom stereocenters. The highest BCUT2D eigenvalue weighted by atomic mass is 16.6. The van der Waals surface area contributed by atoms with Crippen molar-refractivity contribution < 1.29 is 14.2 Å². The summed E-state index contributed by atoms with van der Waals surface area (Å²) in [5, 5.41) is 1.46. The van der Waals surface area contributed by atoms with Crippen LogP contribution in [0.25, 0.3) is 28.0 Å². The van der Waals surface area contributed by atoms with Crippen LogP contribution >= 0.6 is 0 Å². The van der Waals surface area contributed by atoms with E-state index in [1.54, 1.807) is 32.0 Å². The number of nitrogens with zero attached hydrogens (tertiary/aromatic N) is 3. The first-order chi connectivity index (χ1) is 14.6. The molecule has 0 amide bonds. The van der Waals surface area contributed by atoms with Crippen LogP contribution in [0.2, 0.25) is 0 Å². The first-order valence-electron chi connectivity index (χ1n) is 9.93. The van der Waals surface area contributed by atoms with Gasteiger partial charge in [0.1, 0.15) is 29.7 Å². The molecular weight excluding hydrogens is 382 g/mol. The summed E-state index contributed by atoms with van der Waals surface area (Å²) in [6.07, 6.45) is 6.65. The lowest BCUT2D eigenvalue weighted by Crippen LogP contribution is -2.37. The van der Waals surface area contributed by atoms with Crippen molar-refractivity contribution >= 4 is 22.7 Å². The van der Waals surface area contributed by atoms with Crippen LogP contribution in [0.5, 0.6) is 11.5 Å². The molecule has 2 aromatic heterocycles. The lowest BCUT2D eigenvalue weighted by molar-refractivity contribution is 0.393. The van der Waals surface area contributed by atoms with Gasteiger partial charge in [-0.25, -0.2) is 4.98 Å². The Morgan fingerprint density at radius 3 is 2.37 bits per heavy atom. The molecule has 2 fully saturated rings. The minimum Gasteiger partial charge on any atom is -0.496 e. The molecule has 0 atom stereocenters. The Labute approximate surface area is 174 Å². The second kappa shape index (κ2) is 7.09. The van der Waals surface area contributed by atoms with Gasteiger partial charge in [0.15, 0.2) is 0 Å². The van der Waals surface area contributed by atoms with Gasteiger partial charge < -0.3 is 23.7 Å². The summed E-state index contributed by atoms with van der Waals surface area (Å²) in [6, 6.07) is 5.96. The van der Waals surface area contributed by atoms with E-state index in [0.717, 1.165) is 53.2 Å². The number of aromatic nitrogens is 2. The molecule has 7 heteroatoms. The van der Waals surface area contributed by atoms with Gasteiger partial charge in [-0.1, -0.05) is 0 Å². The zero-order valence-corrected chi connectivity index (χ0v) is 17.3. The van der Waals surface area contributed by atoms with Crippen LogP contribution in [0.15, 0.2) is 41.1 Å². The minimum atomic E-state index is -0.0671. The third-order valence-corrected chi connectivity index (χ3v) is 5.70. The maximum atomic E-state index is 12.7. The summed E-state index contributed by atoms with van der Waals surface area (Å²) in [5.74, 6) is 3.17. The Morgan fingerprint density at radius 2 is 1.80 bits per heavy atom. The maximum absolute atomic E-state index is 12.7.